The Labute approximate surface area is 159 Å². The molecule has 8 heteroatoms. The second-order valence-corrected chi connectivity index (χ2v) is 6.84. The largest absolute Gasteiger partial charge is 0.485 e. The van der Waals surface area contributed by atoms with Crippen molar-refractivity contribution in [1.29, 1.82) is 0 Å². The Bertz CT molecular complexity index is 730. The van der Waals surface area contributed by atoms with Gasteiger partial charge in [-0.25, -0.2) is 0 Å². The van der Waals surface area contributed by atoms with Crippen LogP contribution in [0.3, 0.4) is 0 Å². The molecule has 1 aromatic heterocycles. The molecular formula is C18H25ClN4O3. The number of anilines is 1. The third-order valence-corrected chi connectivity index (χ3v) is 4.63. The summed E-state index contributed by atoms with van der Waals surface area (Å²) in [5, 5.41) is 6.73. The average Bonchev–Trinajstić information content (AvgIpc) is 2.99. The van der Waals surface area contributed by atoms with E-state index in [1.807, 2.05) is 19.1 Å². The molecule has 1 aliphatic rings. The Morgan fingerprint density at radius 1 is 1.38 bits per heavy atom. The molecular weight excluding hydrogens is 356 g/mol. The van der Waals surface area contributed by atoms with Crippen LogP contribution in [0.4, 0.5) is 5.69 Å². The number of aromatic nitrogens is 2. The van der Waals surface area contributed by atoms with Crippen LogP contribution in [0.1, 0.15) is 44.3 Å². The maximum absolute atomic E-state index is 12.5. The summed E-state index contributed by atoms with van der Waals surface area (Å²) >= 11 is 0. The number of benzene rings is 1. The number of ether oxygens (including phenoxy) is 1. The number of rotatable bonds is 5. The van der Waals surface area contributed by atoms with Crippen LogP contribution in [0.25, 0.3) is 0 Å². The van der Waals surface area contributed by atoms with E-state index in [0.29, 0.717) is 17.5 Å². The Kier molecular flexibility index (Phi) is 6.61. The van der Waals surface area contributed by atoms with E-state index in [9.17, 15) is 4.79 Å². The van der Waals surface area contributed by atoms with Crippen molar-refractivity contribution >= 4 is 24.0 Å². The van der Waals surface area contributed by atoms with Gasteiger partial charge in [0.15, 0.2) is 6.61 Å². The summed E-state index contributed by atoms with van der Waals surface area (Å²) in [5.41, 5.74) is 6.59. The fourth-order valence-corrected chi connectivity index (χ4v) is 3.20. The number of nitrogens with zero attached hydrogens (tertiary/aromatic N) is 2. The van der Waals surface area contributed by atoms with Crippen molar-refractivity contribution < 1.29 is 14.1 Å². The van der Waals surface area contributed by atoms with Crippen molar-refractivity contribution in [2.24, 2.45) is 11.7 Å². The first kappa shape index (κ1) is 20.2. The molecule has 2 unspecified atom stereocenters. The molecule has 0 spiro atoms. The quantitative estimate of drug-likeness (QED) is 0.825. The first-order valence-electron chi connectivity index (χ1n) is 8.56. The lowest BCUT2D eigenvalue weighted by Gasteiger charge is -2.37. The topological polar surface area (TPSA) is 103 Å². The molecule has 7 nitrogen and oxygen atoms in total. The van der Waals surface area contributed by atoms with Crippen molar-refractivity contribution in [1.82, 2.24) is 10.1 Å². The lowest BCUT2D eigenvalue weighted by atomic mass is 9.74. The Morgan fingerprint density at radius 3 is 2.73 bits per heavy atom. The molecule has 0 bridgehead atoms. The summed E-state index contributed by atoms with van der Waals surface area (Å²) in [7, 11) is 0. The molecule has 2 aromatic rings. The summed E-state index contributed by atoms with van der Waals surface area (Å²) in [6.45, 7) is 3.93. The van der Waals surface area contributed by atoms with Crippen LogP contribution in [-0.2, 0) is 11.4 Å². The van der Waals surface area contributed by atoms with Crippen LogP contribution in [0.2, 0.25) is 0 Å². The smallest absolute Gasteiger partial charge is 0.229 e. The minimum absolute atomic E-state index is 0. The van der Waals surface area contributed by atoms with Crippen LogP contribution in [0.5, 0.6) is 5.75 Å². The van der Waals surface area contributed by atoms with Gasteiger partial charge in [0, 0.05) is 18.2 Å². The summed E-state index contributed by atoms with van der Waals surface area (Å²) < 4.78 is 10.5. The molecule has 1 amide bonds. The van der Waals surface area contributed by atoms with Crippen molar-refractivity contribution in [3.8, 4) is 5.75 Å². The Morgan fingerprint density at radius 2 is 2.12 bits per heavy atom. The minimum atomic E-state index is -0.436. The number of nitrogens with one attached hydrogen (secondary N) is 1. The van der Waals surface area contributed by atoms with Crippen LogP contribution < -0.4 is 15.8 Å². The molecule has 142 valence electrons. The van der Waals surface area contributed by atoms with Gasteiger partial charge in [-0.1, -0.05) is 18.0 Å². The van der Waals surface area contributed by atoms with Gasteiger partial charge in [0.05, 0.1) is 5.92 Å². The molecule has 3 N–H and O–H groups in total. The normalized spacial score (nSPS) is 22.3. The van der Waals surface area contributed by atoms with Gasteiger partial charge >= 0.3 is 0 Å². The highest BCUT2D eigenvalue weighted by Gasteiger charge is 2.37. The molecule has 1 aromatic carbocycles. The molecule has 1 fully saturated rings. The Balaban J connectivity index is 0.00000243. The zero-order valence-electron chi connectivity index (χ0n) is 15.0. The van der Waals surface area contributed by atoms with Crippen molar-refractivity contribution in [2.45, 2.75) is 51.7 Å². The predicted molar refractivity (Wildman–Crippen MR) is 100 cm³/mol. The van der Waals surface area contributed by atoms with E-state index in [-0.39, 0.29) is 30.8 Å². The lowest BCUT2D eigenvalue weighted by Crippen LogP contribution is -2.51. The zero-order valence-corrected chi connectivity index (χ0v) is 15.8. The number of nitrogens with two attached hydrogens (primary N) is 1. The van der Waals surface area contributed by atoms with Gasteiger partial charge in [0.25, 0.3) is 0 Å². The van der Waals surface area contributed by atoms with Crippen LogP contribution in [-0.4, -0.2) is 21.6 Å². The number of amides is 1. The van der Waals surface area contributed by atoms with E-state index < -0.39 is 5.54 Å². The Hall–Kier alpha value is -2.12. The molecule has 0 aliphatic heterocycles. The molecule has 0 saturated heterocycles. The molecule has 0 radical (unpaired) electrons. The minimum Gasteiger partial charge on any atom is -0.485 e. The molecule has 2 atom stereocenters. The van der Waals surface area contributed by atoms with Crippen molar-refractivity contribution in [2.75, 3.05) is 5.32 Å². The van der Waals surface area contributed by atoms with Gasteiger partial charge < -0.3 is 20.3 Å². The highest BCUT2D eigenvalue weighted by Crippen LogP contribution is 2.32. The second kappa shape index (κ2) is 8.51. The maximum atomic E-state index is 12.5. The fraction of sp³-hybridized carbons (Fsp3) is 0.500. The average molecular weight is 381 g/mol. The monoisotopic (exact) mass is 380 g/mol. The lowest BCUT2D eigenvalue weighted by molar-refractivity contribution is -0.122. The van der Waals surface area contributed by atoms with Crippen molar-refractivity contribution in [3.63, 3.8) is 0 Å². The number of hydrogen-bond donors (Lipinski definition) is 2. The van der Waals surface area contributed by atoms with Gasteiger partial charge in [-0.2, -0.15) is 4.98 Å². The highest BCUT2D eigenvalue weighted by atomic mass is 35.5. The summed E-state index contributed by atoms with van der Waals surface area (Å²) in [5.74, 6) is 1.50. The SMILES string of the molecule is Cc1nc(COc2ccc(NC(=O)C3CCCCC3(C)N)cc2)no1.Cl. The van der Waals surface area contributed by atoms with E-state index in [0.717, 1.165) is 31.4 Å². The van der Waals surface area contributed by atoms with E-state index in [1.54, 1.807) is 19.1 Å². The third-order valence-electron chi connectivity index (χ3n) is 4.63. The van der Waals surface area contributed by atoms with Crippen LogP contribution >= 0.6 is 12.4 Å². The van der Waals surface area contributed by atoms with E-state index in [1.165, 1.54) is 0 Å². The maximum Gasteiger partial charge on any atom is 0.229 e. The molecule has 1 aliphatic carbocycles. The number of aryl methyl sites for hydroxylation is 1. The van der Waals surface area contributed by atoms with Gasteiger partial charge in [0.1, 0.15) is 5.75 Å². The van der Waals surface area contributed by atoms with Gasteiger partial charge in [-0.3, -0.25) is 4.79 Å². The van der Waals surface area contributed by atoms with E-state index in [2.05, 4.69) is 15.5 Å². The second-order valence-electron chi connectivity index (χ2n) is 6.84. The highest BCUT2D eigenvalue weighted by molar-refractivity contribution is 5.93. The van der Waals surface area contributed by atoms with Crippen LogP contribution in [0.15, 0.2) is 28.8 Å². The first-order chi connectivity index (χ1) is 11.9. The standard InChI is InChI=1S/C18H24N4O3.ClH/c1-12-20-16(22-25-12)11-24-14-8-6-13(7-9-14)21-17(23)15-5-3-4-10-18(15,2)19;/h6-9,15H,3-5,10-11,19H2,1-2H3,(H,21,23);1H. The molecule has 1 heterocycles. The van der Waals surface area contributed by atoms with Gasteiger partial charge in [-0.05, 0) is 44.0 Å². The first-order valence-corrected chi connectivity index (χ1v) is 8.56. The predicted octanol–water partition coefficient (Wildman–Crippen LogP) is 3.22. The molecule has 3 rings (SSSR count). The molecule has 1 saturated carbocycles. The number of halogens is 1. The van der Waals surface area contributed by atoms with Crippen molar-refractivity contribution in [3.05, 3.63) is 36.0 Å². The summed E-state index contributed by atoms with van der Waals surface area (Å²) in [6.07, 6.45) is 3.85. The number of carbonyl (C=O) groups excluding carboxylic acids is 1. The summed E-state index contributed by atoms with van der Waals surface area (Å²) in [6, 6.07) is 7.22. The van der Waals surface area contributed by atoms with Crippen LogP contribution in [0, 0.1) is 12.8 Å². The fourth-order valence-electron chi connectivity index (χ4n) is 3.20. The van der Waals surface area contributed by atoms with Gasteiger partial charge in [0.2, 0.25) is 17.6 Å². The number of hydrogen-bond acceptors (Lipinski definition) is 6. The van der Waals surface area contributed by atoms with E-state index >= 15 is 0 Å². The summed E-state index contributed by atoms with van der Waals surface area (Å²) in [4.78, 5) is 16.6. The molecule has 26 heavy (non-hydrogen) atoms. The third kappa shape index (κ3) is 4.95. The zero-order chi connectivity index (χ0) is 17.9. The number of carbonyl (C=O) groups is 1. The van der Waals surface area contributed by atoms with Gasteiger partial charge in [-0.15, -0.1) is 12.4 Å². The van der Waals surface area contributed by atoms with E-state index in [4.69, 9.17) is 15.0 Å².